The lowest BCUT2D eigenvalue weighted by atomic mass is 9.48. The molecule has 112 valence electrons. The highest BCUT2D eigenvalue weighted by atomic mass is 16.6. The molecule has 4 fully saturated rings. The zero-order chi connectivity index (χ0) is 14.5. The Bertz CT molecular complexity index is 393. The zero-order valence-corrected chi connectivity index (χ0v) is 13.2. The molecule has 0 spiro atoms. The molecule has 4 aliphatic rings. The monoisotopic (exact) mass is 276 g/mol. The van der Waals surface area contributed by atoms with Crippen molar-refractivity contribution in [1.29, 1.82) is 0 Å². The fraction of sp³-hybridized carbons (Fsp3) is 0.833. The first kappa shape index (κ1) is 14.2. The van der Waals surface area contributed by atoms with E-state index in [1.54, 1.807) is 6.92 Å². The number of hydrogen-bond acceptors (Lipinski definition) is 2. The molecule has 4 saturated carbocycles. The Kier molecular flexibility index (Phi) is 3.46. The van der Waals surface area contributed by atoms with Crippen molar-refractivity contribution in [2.75, 3.05) is 0 Å². The number of ether oxygens (including phenoxy) is 1. The maximum absolute atomic E-state index is 12.2. The third kappa shape index (κ3) is 2.21. The molecule has 0 aromatic carbocycles. The quantitative estimate of drug-likeness (QED) is 0.564. The van der Waals surface area contributed by atoms with E-state index >= 15 is 0 Å². The summed E-state index contributed by atoms with van der Waals surface area (Å²) in [4.78, 5) is 12.2. The second-order valence-corrected chi connectivity index (χ2v) is 8.03. The van der Waals surface area contributed by atoms with Crippen molar-refractivity contribution in [1.82, 2.24) is 0 Å². The standard InChI is InChI=1S/C18H28O2/c1-11(2)10-18(20-17(19)12(3)4)15-6-13-5-14(8-15)9-16(18)7-13/h11,13-16H,3,5-10H2,1-2,4H3. The first-order valence-electron chi connectivity index (χ1n) is 8.29. The lowest BCUT2D eigenvalue weighted by Gasteiger charge is -2.60. The normalized spacial score (nSPS) is 42.0. The SMILES string of the molecule is C=C(C)C(=O)OC1(CC(C)C)C2CC3CC(C2)CC1C3. The Morgan fingerprint density at radius 2 is 1.65 bits per heavy atom. The molecule has 2 heteroatoms. The van der Waals surface area contributed by atoms with Crippen LogP contribution in [-0.4, -0.2) is 11.6 Å². The lowest BCUT2D eigenvalue weighted by molar-refractivity contribution is -0.211. The highest BCUT2D eigenvalue weighted by Crippen LogP contribution is 2.61. The molecular formula is C18H28O2. The highest BCUT2D eigenvalue weighted by molar-refractivity contribution is 5.87. The molecule has 0 aliphatic heterocycles. The third-order valence-corrected chi connectivity index (χ3v) is 5.88. The van der Waals surface area contributed by atoms with Gasteiger partial charge >= 0.3 is 5.97 Å². The van der Waals surface area contributed by atoms with E-state index < -0.39 is 0 Å². The Hall–Kier alpha value is -0.790. The number of esters is 1. The molecule has 0 aromatic heterocycles. The Balaban J connectivity index is 1.89. The molecule has 2 nitrogen and oxygen atoms in total. The maximum Gasteiger partial charge on any atom is 0.333 e. The van der Waals surface area contributed by atoms with E-state index in [1.807, 2.05) is 0 Å². The first-order valence-corrected chi connectivity index (χ1v) is 8.29. The van der Waals surface area contributed by atoms with Crippen LogP contribution in [-0.2, 0) is 9.53 Å². The van der Waals surface area contributed by atoms with Gasteiger partial charge in [-0.25, -0.2) is 4.79 Å². The van der Waals surface area contributed by atoms with E-state index in [-0.39, 0.29) is 11.6 Å². The van der Waals surface area contributed by atoms with Gasteiger partial charge in [0.25, 0.3) is 0 Å². The molecule has 0 heterocycles. The molecule has 0 N–H and O–H groups in total. The van der Waals surface area contributed by atoms with E-state index in [0.717, 1.165) is 18.3 Å². The number of hydrogen-bond donors (Lipinski definition) is 0. The molecule has 4 aliphatic carbocycles. The molecular weight excluding hydrogens is 248 g/mol. The summed E-state index contributed by atoms with van der Waals surface area (Å²) < 4.78 is 6.15. The van der Waals surface area contributed by atoms with Gasteiger partial charge in [0.2, 0.25) is 0 Å². The average Bonchev–Trinajstić information content (AvgIpc) is 2.33. The maximum atomic E-state index is 12.2. The van der Waals surface area contributed by atoms with Crippen LogP contribution in [0.2, 0.25) is 0 Å². The van der Waals surface area contributed by atoms with Crippen LogP contribution in [0.5, 0.6) is 0 Å². The van der Waals surface area contributed by atoms with Gasteiger partial charge in [-0.3, -0.25) is 0 Å². The molecule has 0 aromatic rings. The molecule has 20 heavy (non-hydrogen) atoms. The summed E-state index contributed by atoms with van der Waals surface area (Å²) in [5, 5.41) is 0. The smallest absolute Gasteiger partial charge is 0.333 e. The molecule has 4 rings (SSSR count). The fourth-order valence-corrected chi connectivity index (χ4v) is 5.42. The number of carbonyl (C=O) groups excluding carboxylic acids is 1. The second-order valence-electron chi connectivity index (χ2n) is 8.03. The summed E-state index contributed by atoms with van der Waals surface area (Å²) in [6, 6.07) is 0. The number of rotatable bonds is 4. The van der Waals surface area contributed by atoms with Gasteiger partial charge in [-0.15, -0.1) is 0 Å². The summed E-state index contributed by atoms with van der Waals surface area (Å²) >= 11 is 0. The van der Waals surface area contributed by atoms with Crippen LogP contribution < -0.4 is 0 Å². The minimum absolute atomic E-state index is 0.168. The average molecular weight is 276 g/mol. The van der Waals surface area contributed by atoms with Crippen molar-refractivity contribution in [2.24, 2.45) is 29.6 Å². The Labute approximate surface area is 123 Å². The van der Waals surface area contributed by atoms with Crippen LogP contribution >= 0.6 is 0 Å². The molecule has 0 unspecified atom stereocenters. The number of carbonyl (C=O) groups is 1. The van der Waals surface area contributed by atoms with Gasteiger partial charge in [-0.1, -0.05) is 20.4 Å². The van der Waals surface area contributed by atoms with Gasteiger partial charge < -0.3 is 4.74 Å². The molecule has 0 amide bonds. The van der Waals surface area contributed by atoms with E-state index in [1.165, 1.54) is 32.1 Å². The Morgan fingerprint density at radius 1 is 1.15 bits per heavy atom. The van der Waals surface area contributed by atoms with Crippen molar-refractivity contribution in [3.05, 3.63) is 12.2 Å². The second kappa shape index (κ2) is 4.89. The van der Waals surface area contributed by atoms with Crippen LogP contribution in [0.25, 0.3) is 0 Å². The molecule has 0 radical (unpaired) electrons. The van der Waals surface area contributed by atoms with Crippen molar-refractivity contribution >= 4 is 5.97 Å². The van der Waals surface area contributed by atoms with Crippen molar-refractivity contribution in [3.63, 3.8) is 0 Å². The van der Waals surface area contributed by atoms with Gasteiger partial charge in [-0.05, 0) is 75.0 Å². The summed E-state index contributed by atoms with van der Waals surface area (Å²) in [5.74, 6) is 3.42. The van der Waals surface area contributed by atoms with E-state index in [2.05, 4.69) is 20.4 Å². The largest absolute Gasteiger partial charge is 0.455 e. The van der Waals surface area contributed by atoms with E-state index in [0.29, 0.717) is 23.3 Å². The molecule has 0 saturated heterocycles. The van der Waals surface area contributed by atoms with Crippen LogP contribution in [0.3, 0.4) is 0 Å². The highest BCUT2D eigenvalue weighted by Gasteiger charge is 2.59. The van der Waals surface area contributed by atoms with E-state index in [4.69, 9.17) is 4.74 Å². The molecule has 4 bridgehead atoms. The predicted molar refractivity (Wildman–Crippen MR) is 80.1 cm³/mol. The lowest BCUT2D eigenvalue weighted by Crippen LogP contribution is -2.60. The Morgan fingerprint density at radius 3 is 2.05 bits per heavy atom. The topological polar surface area (TPSA) is 26.3 Å². The van der Waals surface area contributed by atoms with Gasteiger partial charge in [0, 0.05) is 5.57 Å². The summed E-state index contributed by atoms with van der Waals surface area (Å²) in [6.45, 7) is 10.0. The van der Waals surface area contributed by atoms with Crippen molar-refractivity contribution in [3.8, 4) is 0 Å². The summed E-state index contributed by atoms with van der Waals surface area (Å²) in [7, 11) is 0. The summed E-state index contributed by atoms with van der Waals surface area (Å²) in [5.41, 5.74) is 0.361. The third-order valence-electron chi connectivity index (χ3n) is 5.88. The van der Waals surface area contributed by atoms with Gasteiger partial charge in [0.05, 0.1) is 0 Å². The fourth-order valence-electron chi connectivity index (χ4n) is 5.42. The minimum atomic E-state index is -0.183. The minimum Gasteiger partial charge on any atom is -0.455 e. The van der Waals surface area contributed by atoms with Gasteiger partial charge in [0.1, 0.15) is 5.60 Å². The zero-order valence-electron chi connectivity index (χ0n) is 13.2. The van der Waals surface area contributed by atoms with Crippen LogP contribution in [0.15, 0.2) is 12.2 Å². The van der Waals surface area contributed by atoms with Gasteiger partial charge in [0.15, 0.2) is 0 Å². The summed E-state index contributed by atoms with van der Waals surface area (Å²) in [6.07, 6.45) is 7.58. The first-order chi connectivity index (χ1) is 9.40. The van der Waals surface area contributed by atoms with Crippen LogP contribution in [0.1, 0.15) is 59.3 Å². The van der Waals surface area contributed by atoms with E-state index in [9.17, 15) is 4.79 Å². The van der Waals surface area contributed by atoms with Crippen LogP contribution in [0, 0.1) is 29.6 Å². The van der Waals surface area contributed by atoms with Gasteiger partial charge in [-0.2, -0.15) is 0 Å². The van der Waals surface area contributed by atoms with Crippen LogP contribution in [0.4, 0.5) is 0 Å². The molecule has 0 atom stereocenters. The van der Waals surface area contributed by atoms with Crippen molar-refractivity contribution in [2.45, 2.75) is 64.9 Å². The van der Waals surface area contributed by atoms with Crippen molar-refractivity contribution < 1.29 is 9.53 Å². The predicted octanol–water partition coefficient (Wildman–Crippen LogP) is 4.35.